The predicted molar refractivity (Wildman–Crippen MR) is 121 cm³/mol. The normalized spacial score (nSPS) is 36.1. The molecule has 0 amide bonds. The van der Waals surface area contributed by atoms with Crippen LogP contribution in [0.25, 0.3) is 0 Å². The molecule has 30 heavy (non-hydrogen) atoms. The van der Waals surface area contributed by atoms with Crippen molar-refractivity contribution in [1.82, 2.24) is 0 Å². The molecule has 3 saturated carbocycles. The Morgan fingerprint density at radius 3 is 2.80 bits per heavy atom. The van der Waals surface area contributed by atoms with Gasteiger partial charge in [-0.25, -0.2) is 0 Å². The predicted octanol–water partition coefficient (Wildman–Crippen LogP) is 7.24. The van der Waals surface area contributed by atoms with Crippen LogP contribution >= 0.6 is 0 Å². The lowest BCUT2D eigenvalue weighted by Gasteiger charge is -2.44. The molecule has 3 nitrogen and oxygen atoms in total. The molecule has 0 aromatic heterocycles. The molecule has 1 N–H and O–H groups in total. The highest BCUT2D eigenvalue weighted by molar-refractivity contribution is 5.41. The summed E-state index contributed by atoms with van der Waals surface area (Å²) in [6.07, 6.45) is 16.8. The van der Waals surface area contributed by atoms with Crippen molar-refractivity contribution in [3.05, 3.63) is 34.8 Å². The maximum absolute atomic E-state index is 10.2. The molecule has 0 spiro atoms. The summed E-state index contributed by atoms with van der Waals surface area (Å²) in [7, 11) is 0. The van der Waals surface area contributed by atoms with Gasteiger partial charge < -0.3 is 5.11 Å². The van der Waals surface area contributed by atoms with E-state index in [1.807, 2.05) is 0 Å². The molecule has 0 aromatic carbocycles. The number of fused-ring (bicyclic) bond motifs is 2. The zero-order valence-electron chi connectivity index (χ0n) is 19.6. The van der Waals surface area contributed by atoms with Crippen LogP contribution in [0.1, 0.15) is 98.3 Å². The third-order valence-electron chi connectivity index (χ3n) is 8.68. The Morgan fingerprint density at radius 1 is 1.17 bits per heavy atom. The molecule has 168 valence electrons. The molecule has 1 heterocycles. The van der Waals surface area contributed by atoms with Gasteiger partial charge in [-0.3, -0.25) is 9.78 Å². The van der Waals surface area contributed by atoms with Gasteiger partial charge in [-0.05, 0) is 85.7 Å². The van der Waals surface area contributed by atoms with Gasteiger partial charge in [0.05, 0.1) is 6.10 Å². The molecule has 4 rings (SSSR count). The molecule has 0 radical (unpaired) electrons. The van der Waals surface area contributed by atoms with Crippen molar-refractivity contribution in [2.75, 3.05) is 0 Å². The fourth-order valence-corrected chi connectivity index (χ4v) is 7.03. The smallest absolute Gasteiger partial charge is 0.182 e. The minimum Gasteiger partial charge on any atom is -0.393 e. The first-order valence-electron chi connectivity index (χ1n) is 12.5. The highest BCUT2D eigenvalue weighted by Gasteiger charge is 2.50. The Labute approximate surface area is 183 Å². The third-order valence-corrected chi connectivity index (χ3v) is 8.68. The van der Waals surface area contributed by atoms with E-state index < -0.39 is 0 Å². The number of aliphatic hydroxyl groups is 1. The van der Waals surface area contributed by atoms with Crippen molar-refractivity contribution in [3.8, 4) is 0 Å². The maximum atomic E-state index is 10.2. The largest absolute Gasteiger partial charge is 0.393 e. The fourth-order valence-electron chi connectivity index (χ4n) is 7.03. The van der Waals surface area contributed by atoms with Gasteiger partial charge in [-0.15, -0.1) is 0 Å². The Morgan fingerprint density at radius 2 is 2.00 bits per heavy atom. The lowest BCUT2D eigenvalue weighted by molar-refractivity contribution is -0.213. The third kappa shape index (κ3) is 4.38. The van der Waals surface area contributed by atoms with Gasteiger partial charge >= 0.3 is 0 Å². The Hall–Kier alpha value is -1.22. The number of aliphatic hydroxyl groups excluding tert-OH is 1. The van der Waals surface area contributed by atoms with Crippen molar-refractivity contribution >= 4 is 0 Å². The Kier molecular flexibility index (Phi) is 6.67. The average molecular weight is 415 g/mol. The fraction of sp³-hybridized carbons (Fsp3) is 0.778. The van der Waals surface area contributed by atoms with Crippen molar-refractivity contribution in [3.63, 3.8) is 0 Å². The number of hydrogen-bond acceptors (Lipinski definition) is 3. The highest BCUT2D eigenvalue weighted by atomic mass is 17.2. The second-order valence-corrected chi connectivity index (χ2v) is 11.2. The van der Waals surface area contributed by atoms with Crippen LogP contribution in [-0.4, -0.2) is 11.2 Å². The number of allylic oxidation sites excluding steroid dienone is 3. The zero-order valence-corrected chi connectivity index (χ0v) is 19.6. The maximum Gasteiger partial charge on any atom is 0.182 e. The standard InChI is InChI=1S/C27H42O3/c1-18(2)7-5-8-19(3)24-12-13-25-20(9-6-14-27(24,25)4)15-26-23-16-22(28)11-10-21(23)17-29-30-26/h15,17-19,22,24-25,28H,5-14,16H2,1-4H3/t19-,22+,24-,25?,27-/m1/s1. The van der Waals surface area contributed by atoms with Crippen molar-refractivity contribution in [2.45, 2.75) is 104 Å². The van der Waals surface area contributed by atoms with E-state index in [9.17, 15) is 5.11 Å². The van der Waals surface area contributed by atoms with Crippen molar-refractivity contribution < 1.29 is 14.9 Å². The lowest BCUT2D eigenvalue weighted by atomic mass is 9.60. The molecule has 3 heteroatoms. The van der Waals surface area contributed by atoms with Crippen LogP contribution in [0.5, 0.6) is 0 Å². The van der Waals surface area contributed by atoms with Crippen molar-refractivity contribution in [1.29, 1.82) is 0 Å². The molecule has 1 aliphatic heterocycles. The topological polar surface area (TPSA) is 38.7 Å². The highest BCUT2D eigenvalue weighted by Crippen LogP contribution is 2.60. The van der Waals surface area contributed by atoms with Crippen molar-refractivity contribution in [2.24, 2.45) is 29.1 Å². The number of rotatable bonds is 6. The van der Waals surface area contributed by atoms with E-state index in [1.54, 1.807) is 11.8 Å². The number of hydrogen-bond donors (Lipinski definition) is 1. The van der Waals surface area contributed by atoms with Crippen LogP contribution in [0, 0.1) is 29.1 Å². The summed E-state index contributed by atoms with van der Waals surface area (Å²) in [5.74, 6) is 4.00. The van der Waals surface area contributed by atoms with Crippen LogP contribution in [0.4, 0.5) is 0 Å². The van der Waals surface area contributed by atoms with E-state index in [4.69, 9.17) is 9.78 Å². The zero-order chi connectivity index (χ0) is 21.3. The molecule has 0 bridgehead atoms. The van der Waals surface area contributed by atoms with E-state index in [2.05, 4.69) is 33.8 Å². The van der Waals surface area contributed by atoms with E-state index in [0.717, 1.165) is 41.9 Å². The summed E-state index contributed by atoms with van der Waals surface area (Å²) < 4.78 is 0. The summed E-state index contributed by atoms with van der Waals surface area (Å²) >= 11 is 0. The van der Waals surface area contributed by atoms with Gasteiger partial charge in [0, 0.05) is 12.0 Å². The first-order valence-corrected chi connectivity index (χ1v) is 12.5. The van der Waals surface area contributed by atoms with E-state index in [1.165, 1.54) is 56.9 Å². The van der Waals surface area contributed by atoms with E-state index >= 15 is 0 Å². The van der Waals surface area contributed by atoms with Crippen LogP contribution in [0.2, 0.25) is 0 Å². The Bertz CT molecular complexity index is 716. The summed E-state index contributed by atoms with van der Waals surface area (Å²) in [4.78, 5) is 11.0. The van der Waals surface area contributed by atoms with Gasteiger partial charge in [-0.1, -0.05) is 52.5 Å². The summed E-state index contributed by atoms with van der Waals surface area (Å²) in [6.45, 7) is 9.77. The molecule has 5 atom stereocenters. The molecular weight excluding hydrogens is 372 g/mol. The summed E-state index contributed by atoms with van der Waals surface area (Å²) in [5, 5.41) is 10.2. The molecule has 3 aliphatic carbocycles. The van der Waals surface area contributed by atoms with Gasteiger partial charge in [0.2, 0.25) is 0 Å². The molecule has 4 aliphatic rings. The van der Waals surface area contributed by atoms with Crippen LogP contribution in [-0.2, 0) is 9.78 Å². The molecule has 3 fully saturated rings. The molecular formula is C27H42O3. The minimum atomic E-state index is -0.258. The Balaban J connectivity index is 1.52. The average Bonchev–Trinajstić information content (AvgIpc) is 3.06. The van der Waals surface area contributed by atoms with Gasteiger partial charge in [0.25, 0.3) is 0 Å². The van der Waals surface area contributed by atoms with E-state index in [-0.39, 0.29) is 6.10 Å². The molecule has 0 saturated heterocycles. The second kappa shape index (κ2) is 9.10. The van der Waals surface area contributed by atoms with Crippen LogP contribution in [0.3, 0.4) is 0 Å². The SMILES string of the molecule is CC(C)CCC[C@@H](C)[C@H]1CCC2C(=CC3=C4C[C@@H](O)CCC4=COO3)CCC[C@@]21C. The second-order valence-electron chi connectivity index (χ2n) is 11.2. The van der Waals surface area contributed by atoms with Crippen LogP contribution in [0.15, 0.2) is 34.8 Å². The minimum absolute atomic E-state index is 0.258. The first kappa shape index (κ1) is 22.0. The first-order chi connectivity index (χ1) is 14.4. The molecule has 0 aromatic rings. The van der Waals surface area contributed by atoms with Gasteiger partial charge in [-0.2, -0.15) is 0 Å². The van der Waals surface area contributed by atoms with Crippen LogP contribution < -0.4 is 0 Å². The quantitative estimate of drug-likeness (QED) is 0.466. The lowest BCUT2D eigenvalue weighted by Crippen LogP contribution is -2.36. The van der Waals surface area contributed by atoms with E-state index in [0.29, 0.717) is 17.8 Å². The monoisotopic (exact) mass is 414 g/mol. The van der Waals surface area contributed by atoms with Gasteiger partial charge in [0.15, 0.2) is 5.76 Å². The summed E-state index contributed by atoms with van der Waals surface area (Å²) in [6, 6.07) is 0. The molecule has 1 unspecified atom stereocenters. The summed E-state index contributed by atoms with van der Waals surface area (Å²) in [5.41, 5.74) is 4.36. The van der Waals surface area contributed by atoms with Gasteiger partial charge in [0.1, 0.15) is 6.26 Å².